The van der Waals surface area contributed by atoms with Crippen molar-refractivity contribution in [3.05, 3.63) is 48.0 Å². The Morgan fingerprint density at radius 2 is 1.93 bits per heavy atom. The van der Waals surface area contributed by atoms with E-state index in [4.69, 9.17) is 9.57 Å². The van der Waals surface area contributed by atoms with Gasteiger partial charge in [0.05, 0.1) is 20.0 Å². The van der Waals surface area contributed by atoms with E-state index in [1.54, 1.807) is 7.05 Å². The third-order valence-corrected chi connectivity index (χ3v) is 4.86. The normalized spacial score (nSPS) is 23.4. The summed E-state index contributed by atoms with van der Waals surface area (Å²) in [5.41, 5.74) is 1.55. The number of hydrogen-bond acceptors (Lipinski definition) is 9. The van der Waals surface area contributed by atoms with E-state index in [2.05, 4.69) is 26.8 Å². The molecule has 0 aliphatic carbocycles. The van der Waals surface area contributed by atoms with E-state index in [1.807, 2.05) is 30.3 Å². The Morgan fingerprint density at radius 1 is 1.17 bits per heavy atom. The molecule has 0 saturated carbocycles. The summed E-state index contributed by atoms with van der Waals surface area (Å²) in [6.07, 6.45) is -2.97. The molecule has 1 fully saturated rings. The van der Waals surface area contributed by atoms with Crippen molar-refractivity contribution in [1.82, 2.24) is 19.5 Å². The maximum Gasteiger partial charge on any atom is 0.209 e. The summed E-state index contributed by atoms with van der Waals surface area (Å²) in [4.78, 5) is 18.5. The highest BCUT2D eigenvalue weighted by atomic mass is 16.7. The molecule has 3 aromatic rings. The van der Waals surface area contributed by atoms with Crippen molar-refractivity contribution in [3.63, 3.8) is 0 Å². The number of nitrogens with zero attached hydrogens (tertiary/aromatic N) is 5. The molecule has 10 nitrogen and oxygen atoms in total. The summed E-state index contributed by atoms with van der Waals surface area (Å²) >= 11 is 0. The number of aromatic nitrogens is 4. The molecule has 4 rings (SSSR count). The first-order valence-corrected chi connectivity index (χ1v) is 9.25. The lowest BCUT2D eigenvalue weighted by atomic mass is 10.1. The highest BCUT2D eigenvalue weighted by molar-refractivity contribution is 5.83. The Labute approximate surface area is 172 Å². The topological polar surface area (TPSA) is 126 Å². The van der Waals surface area contributed by atoms with Crippen LogP contribution in [0.2, 0.25) is 0 Å². The van der Waals surface area contributed by atoms with E-state index in [-0.39, 0.29) is 5.82 Å². The quantitative estimate of drug-likeness (QED) is 0.396. The predicted molar refractivity (Wildman–Crippen MR) is 106 cm³/mol. The lowest BCUT2D eigenvalue weighted by molar-refractivity contribution is -0.0511. The smallest absolute Gasteiger partial charge is 0.209 e. The molecule has 3 heterocycles. The Morgan fingerprint density at radius 3 is 2.60 bits per heavy atom. The third-order valence-electron chi connectivity index (χ3n) is 4.86. The van der Waals surface area contributed by atoms with Gasteiger partial charge in [-0.05, 0) is 18.1 Å². The lowest BCUT2D eigenvalue weighted by Gasteiger charge is -2.18. The maximum absolute atomic E-state index is 10.4. The van der Waals surface area contributed by atoms with Crippen molar-refractivity contribution >= 4 is 17.0 Å². The minimum atomic E-state index is -1.27. The van der Waals surface area contributed by atoms with Gasteiger partial charge in [0.2, 0.25) is 5.82 Å². The number of hydroxylamine groups is 1. The molecule has 1 saturated heterocycles. The molecule has 10 heteroatoms. The molecular formula is C20H21N5O5. The molecule has 0 bridgehead atoms. The van der Waals surface area contributed by atoms with Gasteiger partial charge in [0, 0.05) is 12.6 Å². The SMILES string of the molecule is CON(C)c1nc(C#Cc2ccccc2)nc2c1ncn2[C@@H]1O[C@H](CO)[C@@H](O)[C@H]1O. The average molecular weight is 411 g/mol. The molecule has 2 aromatic heterocycles. The summed E-state index contributed by atoms with van der Waals surface area (Å²) < 4.78 is 7.10. The number of aliphatic hydroxyl groups excluding tert-OH is 3. The number of hydrogen-bond donors (Lipinski definition) is 3. The fraction of sp³-hybridized carbons (Fsp3) is 0.350. The van der Waals surface area contributed by atoms with E-state index in [9.17, 15) is 15.3 Å². The molecule has 1 aromatic carbocycles. The first-order chi connectivity index (χ1) is 14.5. The van der Waals surface area contributed by atoms with Crippen LogP contribution in [0.5, 0.6) is 0 Å². The Kier molecular flexibility index (Phi) is 5.63. The number of anilines is 1. The Balaban J connectivity index is 1.81. The monoisotopic (exact) mass is 411 g/mol. The number of benzene rings is 1. The fourth-order valence-corrected chi connectivity index (χ4v) is 3.21. The van der Waals surface area contributed by atoms with Crippen LogP contribution in [0.15, 0.2) is 36.7 Å². The molecule has 1 aliphatic rings. The van der Waals surface area contributed by atoms with Gasteiger partial charge in [0.25, 0.3) is 0 Å². The summed E-state index contributed by atoms with van der Waals surface area (Å²) in [5, 5.41) is 31.3. The van der Waals surface area contributed by atoms with E-state index >= 15 is 0 Å². The molecule has 0 radical (unpaired) electrons. The van der Waals surface area contributed by atoms with Gasteiger partial charge in [-0.3, -0.25) is 9.40 Å². The van der Waals surface area contributed by atoms with Crippen molar-refractivity contribution in [2.24, 2.45) is 0 Å². The van der Waals surface area contributed by atoms with Gasteiger partial charge < -0.3 is 20.1 Å². The van der Waals surface area contributed by atoms with E-state index < -0.39 is 31.1 Å². The number of rotatable bonds is 4. The van der Waals surface area contributed by atoms with Crippen LogP contribution < -0.4 is 5.06 Å². The highest BCUT2D eigenvalue weighted by Gasteiger charge is 2.44. The number of aliphatic hydroxyl groups is 3. The molecule has 3 N–H and O–H groups in total. The molecule has 156 valence electrons. The van der Waals surface area contributed by atoms with Gasteiger partial charge in [0.15, 0.2) is 23.2 Å². The predicted octanol–water partition coefficient (Wildman–Crippen LogP) is -0.165. The second kappa shape index (κ2) is 8.35. The Bertz CT molecular complexity index is 1090. The van der Waals surface area contributed by atoms with Crippen LogP contribution in [0.1, 0.15) is 17.6 Å². The minimum absolute atomic E-state index is 0.221. The largest absolute Gasteiger partial charge is 0.394 e. The summed E-state index contributed by atoms with van der Waals surface area (Å²) in [6, 6.07) is 9.41. The third kappa shape index (κ3) is 3.60. The van der Waals surface area contributed by atoms with E-state index in [0.29, 0.717) is 17.0 Å². The molecule has 4 atom stereocenters. The van der Waals surface area contributed by atoms with Crippen molar-refractivity contribution < 1.29 is 24.9 Å². The van der Waals surface area contributed by atoms with Gasteiger partial charge in [-0.15, -0.1) is 0 Å². The molecule has 30 heavy (non-hydrogen) atoms. The minimum Gasteiger partial charge on any atom is -0.394 e. The van der Waals surface area contributed by atoms with Crippen LogP contribution in [0.4, 0.5) is 5.82 Å². The number of imidazole rings is 1. The summed E-state index contributed by atoms with van der Waals surface area (Å²) in [6.45, 7) is -0.429. The van der Waals surface area contributed by atoms with Crippen molar-refractivity contribution in [2.45, 2.75) is 24.5 Å². The van der Waals surface area contributed by atoms with Crippen LogP contribution in [0, 0.1) is 11.8 Å². The second-order valence-electron chi connectivity index (χ2n) is 6.72. The van der Waals surface area contributed by atoms with Gasteiger partial charge in [-0.2, -0.15) is 4.98 Å². The maximum atomic E-state index is 10.4. The van der Waals surface area contributed by atoms with Gasteiger partial charge in [-0.25, -0.2) is 15.0 Å². The van der Waals surface area contributed by atoms with Crippen molar-refractivity contribution in [1.29, 1.82) is 0 Å². The van der Waals surface area contributed by atoms with Crippen LogP contribution >= 0.6 is 0 Å². The first-order valence-electron chi connectivity index (χ1n) is 9.25. The lowest BCUT2D eigenvalue weighted by Crippen LogP contribution is -2.33. The van der Waals surface area contributed by atoms with Crippen LogP contribution in [-0.4, -0.2) is 73.9 Å². The number of ether oxygens (including phenoxy) is 1. The van der Waals surface area contributed by atoms with Crippen LogP contribution in [-0.2, 0) is 9.57 Å². The van der Waals surface area contributed by atoms with E-state index in [0.717, 1.165) is 5.56 Å². The summed E-state index contributed by atoms with van der Waals surface area (Å²) in [7, 11) is 3.16. The van der Waals surface area contributed by atoms with Crippen LogP contribution in [0.25, 0.3) is 11.2 Å². The standard InChI is InChI=1S/C20H21N5O5/c1-24(29-2)18-15-19(23-14(22-18)9-8-12-6-4-3-5-7-12)25(11-21-15)20-17(28)16(27)13(10-26)30-20/h3-7,11,13,16-17,20,26-28H,10H2,1-2H3/t13-,16-,17-,20-/m1/s1. The van der Waals surface area contributed by atoms with Crippen molar-refractivity contribution in [3.8, 4) is 11.8 Å². The zero-order chi connectivity index (χ0) is 21.3. The highest BCUT2D eigenvalue weighted by Crippen LogP contribution is 2.32. The van der Waals surface area contributed by atoms with Gasteiger partial charge >= 0.3 is 0 Å². The Hall–Kier alpha value is -3.07. The zero-order valence-corrected chi connectivity index (χ0v) is 16.4. The van der Waals surface area contributed by atoms with Crippen LogP contribution in [0.3, 0.4) is 0 Å². The molecule has 0 spiro atoms. The molecule has 0 amide bonds. The molecular weight excluding hydrogens is 390 g/mol. The molecule has 1 aliphatic heterocycles. The summed E-state index contributed by atoms with van der Waals surface area (Å²) in [5.74, 6) is 6.54. The number of fused-ring (bicyclic) bond motifs is 1. The zero-order valence-electron chi connectivity index (χ0n) is 16.4. The van der Waals surface area contributed by atoms with Crippen molar-refractivity contribution in [2.75, 3.05) is 25.8 Å². The van der Waals surface area contributed by atoms with Gasteiger partial charge in [0.1, 0.15) is 18.3 Å². The van der Waals surface area contributed by atoms with E-state index in [1.165, 1.54) is 23.1 Å². The first kappa shape index (κ1) is 20.2. The van der Waals surface area contributed by atoms with Gasteiger partial charge in [-0.1, -0.05) is 24.1 Å². The second-order valence-corrected chi connectivity index (χ2v) is 6.72. The average Bonchev–Trinajstić information content (AvgIpc) is 3.32. The molecule has 0 unspecified atom stereocenters. The fourth-order valence-electron chi connectivity index (χ4n) is 3.21.